The van der Waals surface area contributed by atoms with Crippen LogP contribution in [0.25, 0.3) is 0 Å². The van der Waals surface area contributed by atoms with E-state index in [-0.39, 0.29) is 6.61 Å². The normalized spacial score (nSPS) is 10.5. The van der Waals surface area contributed by atoms with E-state index in [0.29, 0.717) is 10.7 Å². The number of anilines is 1. The molecule has 0 aromatic heterocycles. The van der Waals surface area contributed by atoms with E-state index in [1.165, 1.54) is 6.08 Å². The summed E-state index contributed by atoms with van der Waals surface area (Å²) in [5.74, 6) is -0.927. The van der Waals surface area contributed by atoms with Crippen molar-refractivity contribution in [3.63, 3.8) is 0 Å². The molecule has 4 nitrogen and oxygen atoms in total. The molecule has 0 aliphatic heterocycles. The third-order valence-electron chi connectivity index (χ3n) is 2.38. The summed E-state index contributed by atoms with van der Waals surface area (Å²) in [6, 6.07) is 5.21. The Labute approximate surface area is 117 Å². The van der Waals surface area contributed by atoms with Crippen LogP contribution in [0.1, 0.15) is 18.9 Å². The molecule has 102 valence electrons. The van der Waals surface area contributed by atoms with Gasteiger partial charge in [0.25, 0.3) is 5.91 Å². The van der Waals surface area contributed by atoms with Gasteiger partial charge < -0.3 is 10.1 Å². The SMILES string of the molecule is CC/C=C/C(=O)OCC(=O)Nc1cccc(Cl)c1C. The predicted octanol–water partition coefficient (Wildman–Crippen LogP) is 3.10. The summed E-state index contributed by atoms with van der Waals surface area (Å²) in [5.41, 5.74) is 1.38. The highest BCUT2D eigenvalue weighted by Gasteiger charge is 2.08. The number of carbonyl (C=O) groups excluding carboxylic acids is 2. The Morgan fingerprint density at radius 3 is 2.84 bits per heavy atom. The van der Waals surface area contributed by atoms with Crippen LogP contribution in [-0.2, 0) is 14.3 Å². The van der Waals surface area contributed by atoms with Crippen LogP contribution < -0.4 is 5.32 Å². The van der Waals surface area contributed by atoms with Crippen molar-refractivity contribution in [2.24, 2.45) is 0 Å². The molecule has 1 N–H and O–H groups in total. The van der Waals surface area contributed by atoms with Crippen molar-refractivity contribution < 1.29 is 14.3 Å². The number of hydrogen-bond donors (Lipinski definition) is 1. The van der Waals surface area contributed by atoms with Gasteiger partial charge in [-0.15, -0.1) is 0 Å². The van der Waals surface area contributed by atoms with Crippen LogP contribution in [0.2, 0.25) is 5.02 Å². The van der Waals surface area contributed by atoms with Crippen molar-refractivity contribution in [3.05, 3.63) is 40.9 Å². The van der Waals surface area contributed by atoms with Gasteiger partial charge >= 0.3 is 5.97 Å². The third kappa shape index (κ3) is 5.14. The minimum atomic E-state index is -0.528. The van der Waals surface area contributed by atoms with Gasteiger partial charge in [-0.05, 0) is 31.0 Å². The Balaban J connectivity index is 2.50. The first-order valence-electron chi connectivity index (χ1n) is 5.92. The summed E-state index contributed by atoms with van der Waals surface area (Å²) in [7, 11) is 0. The number of benzene rings is 1. The first kappa shape index (κ1) is 15.2. The fourth-order valence-electron chi connectivity index (χ4n) is 1.33. The lowest BCUT2D eigenvalue weighted by Gasteiger charge is -2.09. The average Bonchev–Trinajstić information content (AvgIpc) is 2.39. The van der Waals surface area contributed by atoms with Gasteiger partial charge in [0.2, 0.25) is 0 Å². The zero-order valence-electron chi connectivity index (χ0n) is 10.9. The Bertz CT molecular complexity index is 497. The van der Waals surface area contributed by atoms with Crippen LogP contribution in [0.15, 0.2) is 30.4 Å². The smallest absolute Gasteiger partial charge is 0.330 e. The number of rotatable bonds is 5. The molecule has 0 bridgehead atoms. The van der Waals surface area contributed by atoms with E-state index in [9.17, 15) is 9.59 Å². The maximum atomic E-state index is 11.6. The van der Waals surface area contributed by atoms with E-state index in [4.69, 9.17) is 16.3 Å². The first-order chi connectivity index (χ1) is 9.04. The summed E-state index contributed by atoms with van der Waals surface area (Å²) >= 11 is 5.94. The molecule has 0 radical (unpaired) electrons. The molecule has 0 spiro atoms. The van der Waals surface area contributed by atoms with Crippen LogP contribution in [0.4, 0.5) is 5.69 Å². The second-order valence-corrected chi connectivity index (χ2v) is 4.29. The van der Waals surface area contributed by atoms with E-state index in [1.807, 2.05) is 6.92 Å². The van der Waals surface area contributed by atoms with Gasteiger partial charge in [-0.2, -0.15) is 0 Å². The molecule has 1 amide bonds. The molecule has 19 heavy (non-hydrogen) atoms. The van der Waals surface area contributed by atoms with Gasteiger partial charge in [0.05, 0.1) is 0 Å². The minimum absolute atomic E-state index is 0.321. The lowest BCUT2D eigenvalue weighted by atomic mass is 10.2. The van der Waals surface area contributed by atoms with E-state index in [2.05, 4.69) is 5.32 Å². The summed E-state index contributed by atoms with van der Waals surface area (Å²) < 4.78 is 4.78. The number of carbonyl (C=O) groups is 2. The van der Waals surface area contributed by atoms with Gasteiger partial charge in [0, 0.05) is 16.8 Å². The fourth-order valence-corrected chi connectivity index (χ4v) is 1.50. The van der Waals surface area contributed by atoms with Crippen molar-refractivity contribution in [2.45, 2.75) is 20.3 Å². The van der Waals surface area contributed by atoms with E-state index < -0.39 is 11.9 Å². The highest BCUT2D eigenvalue weighted by Crippen LogP contribution is 2.22. The molecule has 0 aliphatic rings. The highest BCUT2D eigenvalue weighted by atomic mass is 35.5. The maximum absolute atomic E-state index is 11.6. The van der Waals surface area contributed by atoms with Crippen LogP contribution in [-0.4, -0.2) is 18.5 Å². The number of allylic oxidation sites excluding steroid dienone is 1. The maximum Gasteiger partial charge on any atom is 0.330 e. The highest BCUT2D eigenvalue weighted by molar-refractivity contribution is 6.31. The molecule has 0 saturated carbocycles. The fraction of sp³-hybridized carbons (Fsp3) is 0.286. The lowest BCUT2D eigenvalue weighted by molar-refractivity contribution is -0.142. The minimum Gasteiger partial charge on any atom is -0.452 e. The van der Waals surface area contributed by atoms with Gasteiger partial charge in [-0.3, -0.25) is 4.79 Å². The van der Waals surface area contributed by atoms with Gasteiger partial charge in [0.1, 0.15) is 0 Å². The van der Waals surface area contributed by atoms with Crippen molar-refractivity contribution in [2.75, 3.05) is 11.9 Å². The molecule has 0 saturated heterocycles. The Morgan fingerprint density at radius 1 is 1.42 bits per heavy atom. The number of amides is 1. The summed E-state index contributed by atoms with van der Waals surface area (Å²) in [6.45, 7) is 3.38. The molecule has 5 heteroatoms. The van der Waals surface area contributed by atoms with E-state index in [0.717, 1.165) is 12.0 Å². The molecule has 0 aliphatic carbocycles. The van der Waals surface area contributed by atoms with Gasteiger partial charge in [-0.25, -0.2) is 4.79 Å². The van der Waals surface area contributed by atoms with Crippen molar-refractivity contribution in [1.82, 2.24) is 0 Å². The summed E-state index contributed by atoms with van der Waals surface area (Å²) in [4.78, 5) is 22.8. The molecule has 0 atom stereocenters. The van der Waals surface area contributed by atoms with Gasteiger partial charge in [0.15, 0.2) is 6.61 Å². The topological polar surface area (TPSA) is 55.4 Å². The molecular formula is C14H16ClNO3. The largest absolute Gasteiger partial charge is 0.452 e. The van der Waals surface area contributed by atoms with Crippen LogP contribution in [0.3, 0.4) is 0 Å². The molecule has 0 fully saturated rings. The van der Waals surface area contributed by atoms with Crippen molar-refractivity contribution >= 4 is 29.2 Å². The van der Waals surface area contributed by atoms with Crippen LogP contribution in [0, 0.1) is 6.92 Å². The van der Waals surface area contributed by atoms with E-state index in [1.54, 1.807) is 31.2 Å². The molecular weight excluding hydrogens is 266 g/mol. The Morgan fingerprint density at radius 2 is 2.16 bits per heavy atom. The molecule has 1 aromatic carbocycles. The molecule has 0 heterocycles. The third-order valence-corrected chi connectivity index (χ3v) is 2.79. The Kier molecular flexibility index (Phi) is 6.09. The number of ether oxygens (including phenoxy) is 1. The Hall–Kier alpha value is -1.81. The molecule has 1 aromatic rings. The predicted molar refractivity (Wildman–Crippen MR) is 75.2 cm³/mol. The quantitative estimate of drug-likeness (QED) is 0.666. The zero-order valence-corrected chi connectivity index (χ0v) is 11.7. The zero-order chi connectivity index (χ0) is 14.3. The van der Waals surface area contributed by atoms with Crippen molar-refractivity contribution in [1.29, 1.82) is 0 Å². The standard InChI is InChI=1S/C14H16ClNO3/c1-3-4-8-14(18)19-9-13(17)16-12-7-5-6-11(15)10(12)2/h4-8H,3,9H2,1-2H3,(H,16,17)/b8-4+. The van der Waals surface area contributed by atoms with Crippen molar-refractivity contribution in [3.8, 4) is 0 Å². The summed E-state index contributed by atoms with van der Waals surface area (Å²) in [6.07, 6.45) is 3.71. The second-order valence-electron chi connectivity index (χ2n) is 3.88. The van der Waals surface area contributed by atoms with Crippen LogP contribution in [0.5, 0.6) is 0 Å². The molecule has 1 rings (SSSR count). The number of hydrogen-bond acceptors (Lipinski definition) is 3. The monoisotopic (exact) mass is 281 g/mol. The van der Waals surface area contributed by atoms with Gasteiger partial charge in [-0.1, -0.05) is 30.7 Å². The van der Waals surface area contributed by atoms with Crippen LogP contribution >= 0.6 is 11.6 Å². The van der Waals surface area contributed by atoms with E-state index >= 15 is 0 Å². The second kappa shape index (κ2) is 7.59. The number of nitrogens with one attached hydrogen (secondary N) is 1. The number of halogens is 1. The summed E-state index contributed by atoms with van der Waals surface area (Å²) in [5, 5.41) is 3.21. The average molecular weight is 282 g/mol. The lowest BCUT2D eigenvalue weighted by Crippen LogP contribution is -2.20. The molecule has 0 unspecified atom stereocenters. The first-order valence-corrected chi connectivity index (χ1v) is 6.30. The number of esters is 1.